The van der Waals surface area contributed by atoms with E-state index in [9.17, 15) is 15.2 Å². The highest BCUT2D eigenvalue weighted by atomic mass is 32.1. The minimum atomic E-state index is -0.438. The van der Waals surface area contributed by atoms with Crippen molar-refractivity contribution in [3.63, 3.8) is 0 Å². The van der Waals surface area contributed by atoms with Crippen molar-refractivity contribution in [1.82, 2.24) is 9.38 Å². The molecule has 7 nitrogen and oxygen atoms in total. The van der Waals surface area contributed by atoms with Gasteiger partial charge in [-0.1, -0.05) is 11.3 Å². The summed E-state index contributed by atoms with van der Waals surface area (Å²) in [4.78, 5) is 17.1. The molecule has 3 heterocycles. The number of anilines is 1. The molecule has 1 aliphatic heterocycles. The Morgan fingerprint density at radius 1 is 1.62 bits per heavy atom. The summed E-state index contributed by atoms with van der Waals surface area (Å²) in [6.07, 6.45) is 1.23. The van der Waals surface area contributed by atoms with E-state index in [1.165, 1.54) is 15.7 Å². The van der Waals surface area contributed by atoms with Crippen LogP contribution in [-0.2, 0) is 0 Å². The van der Waals surface area contributed by atoms with Gasteiger partial charge in [-0.3, -0.25) is 0 Å². The number of hydrogen-bond acceptors (Lipinski definition) is 6. The van der Waals surface area contributed by atoms with Crippen molar-refractivity contribution < 1.29 is 10.0 Å². The fraction of sp³-hybridized carbons (Fsp3) is 0.375. The highest BCUT2D eigenvalue weighted by Crippen LogP contribution is 2.33. The van der Waals surface area contributed by atoms with Gasteiger partial charge >= 0.3 is 5.82 Å². The molecule has 1 aliphatic rings. The van der Waals surface area contributed by atoms with Gasteiger partial charge in [0.25, 0.3) is 4.96 Å². The molecule has 0 amide bonds. The Balaban J connectivity index is 2.12. The highest BCUT2D eigenvalue weighted by Gasteiger charge is 2.34. The van der Waals surface area contributed by atoms with E-state index in [4.69, 9.17) is 0 Å². The van der Waals surface area contributed by atoms with Gasteiger partial charge in [-0.2, -0.15) is 9.38 Å². The van der Waals surface area contributed by atoms with Gasteiger partial charge in [-0.15, -0.1) is 0 Å². The zero-order valence-corrected chi connectivity index (χ0v) is 8.92. The molecule has 2 aromatic rings. The number of aliphatic hydroxyl groups excluding tert-OH is 1. The largest absolute Gasteiger partial charge is 0.389 e. The monoisotopic (exact) mass is 240 g/mol. The summed E-state index contributed by atoms with van der Waals surface area (Å²) >= 11 is 1.35. The third-order valence-corrected chi connectivity index (χ3v) is 3.31. The number of hydrogen-bond donors (Lipinski definition) is 1. The molecule has 8 heteroatoms. The lowest BCUT2D eigenvalue weighted by Gasteiger charge is -2.35. The van der Waals surface area contributed by atoms with E-state index in [0.717, 1.165) is 0 Å². The number of nitrogens with zero attached hydrogens (tertiary/aromatic N) is 4. The summed E-state index contributed by atoms with van der Waals surface area (Å²) in [7, 11) is 0. The predicted molar refractivity (Wildman–Crippen MR) is 57.9 cm³/mol. The van der Waals surface area contributed by atoms with Crippen molar-refractivity contribution >= 4 is 27.9 Å². The second-order valence-electron chi connectivity index (χ2n) is 3.63. The fourth-order valence-electron chi connectivity index (χ4n) is 1.77. The summed E-state index contributed by atoms with van der Waals surface area (Å²) in [5.74, 6) is 0.324. The minimum absolute atomic E-state index is 0.0249. The maximum Gasteiger partial charge on any atom is 0.373 e. The van der Waals surface area contributed by atoms with Gasteiger partial charge in [0, 0.05) is 18.5 Å². The number of imidazole rings is 1. The first-order valence-corrected chi connectivity index (χ1v) is 5.57. The average Bonchev–Trinajstić information content (AvgIpc) is 2.69. The van der Waals surface area contributed by atoms with Crippen LogP contribution in [0.2, 0.25) is 0 Å². The maximum atomic E-state index is 11.0. The molecule has 0 aliphatic carbocycles. The second kappa shape index (κ2) is 3.16. The molecule has 1 saturated heterocycles. The van der Waals surface area contributed by atoms with Crippen molar-refractivity contribution in [2.75, 3.05) is 18.0 Å². The molecule has 0 radical (unpaired) electrons. The van der Waals surface area contributed by atoms with Crippen LogP contribution >= 0.6 is 11.3 Å². The quantitative estimate of drug-likeness (QED) is 0.610. The first-order chi connectivity index (χ1) is 7.66. The summed E-state index contributed by atoms with van der Waals surface area (Å²) in [6.45, 7) is 0.817. The van der Waals surface area contributed by atoms with Crippen molar-refractivity contribution in [1.29, 1.82) is 0 Å². The van der Waals surface area contributed by atoms with E-state index in [1.54, 1.807) is 16.5 Å². The Morgan fingerprint density at radius 2 is 2.38 bits per heavy atom. The first kappa shape index (κ1) is 9.55. The molecule has 0 bridgehead atoms. The van der Waals surface area contributed by atoms with Crippen molar-refractivity contribution in [3.8, 4) is 0 Å². The number of aromatic nitrogens is 2. The van der Waals surface area contributed by atoms with Crippen LogP contribution in [0.1, 0.15) is 0 Å². The Bertz CT molecular complexity index is 557. The molecule has 3 rings (SSSR count). The Morgan fingerprint density at radius 3 is 3.00 bits per heavy atom. The molecule has 0 saturated carbocycles. The van der Waals surface area contributed by atoms with E-state index in [0.29, 0.717) is 23.9 Å². The molecule has 84 valence electrons. The van der Waals surface area contributed by atoms with E-state index >= 15 is 0 Å². The average molecular weight is 240 g/mol. The maximum absolute atomic E-state index is 11.0. The lowest BCUT2D eigenvalue weighted by atomic mass is 10.2. The van der Waals surface area contributed by atoms with E-state index in [1.807, 2.05) is 0 Å². The summed E-state index contributed by atoms with van der Waals surface area (Å²) in [5, 5.41) is 21.9. The van der Waals surface area contributed by atoms with Crippen molar-refractivity contribution in [3.05, 3.63) is 21.7 Å². The smallest absolute Gasteiger partial charge is 0.373 e. The van der Waals surface area contributed by atoms with Gasteiger partial charge in [-0.05, 0) is 4.92 Å². The standard InChI is InChI=1S/C8H8N4O3S/c13-5-3-10(4-5)6-7(12(14)15)11-1-2-16-8(11)9-6/h1-2,5,13H,3-4H2. The SMILES string of the molecule is O=[N+]([O-])c1c(N2CC(O)C2)nc2sccn12. The lowest BCUT2D eigenvalue weighted by molar-refractivity contribution is -0.389. The molecule has 16 heavy (non-hydrogen) atoms. The predicted octanol–water partition coefficient (Wildman–Crippen LogP) is 0.485. The highest BCUT2D eigenvalue weighted by molar-refractivity contribution is 7.15. The molecule has 1 N–H and O–H groups in total. The lowest BCUT2D eigenvalue weighted by Crippen LogP contribution is -2.51. The van der Waals surface area contributed by atoms with E-state index in [2.05, 4.69) is 4.98 Å². The topological polar surface area (TPSA) is 83.9 Å². The Labute approximate surface area is 93.7 Å². The van der Waals surface area contributed by atoms with Gasteiger partial charge < -0.3 is 20.1 Å². The number of fused-ring (bicyclic) bond motifs is 1. The van der Waals surface area contributed by atoms with Crippen LogP contribution in [0.15, 0.2) is 11.6 Å². The molecular formula is C8H8N4O3S. The molecular weight excluding hydrogens is 232 g/mol. The zero-order valence-electron chi connectivity index (χ0n) is 8.11. The fourth-order valence-corrected chi connectivity index (χ4v) is 2.48. The number of β-amino-alcohol motifs (C(OH)–C–C–N with tert-alkyl or cyclic N) is 1. The Kier molecular flexibility index (Phi) is 1.88. The van der Waals surface area contributed by atoms with Gasteiger partial charge in [0.05, 0.1) is 6.10 Å². The van der Waals surface area contributed by atoms with Crippen LogP contribution in [0.3, 0.4) is 0 Å². The summed E-state index contributed by atoms with van der Waals surface area (Å²) in [6, 6.07) is 0. The summed E-state index contributed by atoms with van der Waals surface area (Å²) in [5.41, 5.74) is 0. The van der Waals surface area contributed by atoms with E-state index in [-0.39, 0.29) is 5.82 Å². The zero-order chi connectivity index (χ0) is 11.3. The molecule has 0 aromatic carbocycles. The van der Waals surface area contributed by atoms with Crippen LogP contribution in [0.5, 0.6) is 0 Å². The van der Waals surface area contributed by atoms with Crippen molar-refractivity contribution in [2.24, 2.45) is 0 Å². The van der Waals surface area contributed by atoms with Crippen LogP contribution in [0.25, 0.3) is 4.96 Å². The normalized spacial score (nSPS) is 16.7. The third-order valence-electron chi connectivity index (χ3n) is 2.55. The minimum Gasteiger partial charge on any atom is -0.389 e. The summed E-state index contributed by atoms with van der Waals surface area (Å²) < 4.78 is 1.46. The molecule has 0 unspecified atom stereocenters. The van der Waals surface area contributed by atoms with Gasteiger partial charge in [0.1, 0.15) is 6.20 Å². The first-order valence-electron chi connectivity index (χ1n) is 4.70. The van der Waals surface area contributed by atoms with Gasteiger partial charge in [-0.25, -0.2) is 0 Å². The number of aliphatic hydroxyl groups is 1. The number of thiazole rings is 1. The van der Waals surface area contributed by atoms with Gasteiger partial charge in [0.2, 0.25) is 5.82 Å². The number of nitro groups is 1. The molecule has 2 aromatic heterocycles. The van der Waals surface area contributed by atoms with E-state index < -0.39 is 11.0 Å². The Hall–Kier alpha value is -1.67. The molecule has 0 atom stereocenters. The number of rotatable bonds is 2. The molecule has 1 fully saturated rings. The van der Waals surface area contributed by atoms with Crippen molar-refractivity contribution in [2.45, 2.75) is 6.10 Å². The van der Waals surface area contributed by atoms with Crippen LogP contribution in [0, 0.1) is 10.1 Å². The third kappa shape index (κ3) is 1.20. The van der Waals surface area contributed by atoms with Crippen LogP contribution in [0.4, 0.5) is 11.6 Å². The van der Waals surface area contributed by atoms with Gasteiger partial charge in [0.15, 0.2) is 0 Å². The van der Waals surface area contributed by atoms with Crippen LogP contribution < -0.4 is 4.90 Å². The van der Waals surface area contributed by atoms with Crippen LogP contribution in [-0.4, -0.2) is 38.6 Å². The molecule has 0 spiro atoms. The second-order valence-corrected chi connectivity index (χ2v) is 4.50.